The number of hydrogen-bond acceptors (Lipinski definition) is 5. The van der Waals surface area contributed by atoms with E-state index in [2.05, 4.69) is 10.3 Å². The van der Waals surface area contributed by atoms with E-state index in [1.165, 1.54) is 0 Å². The summed E-state index contributed by atoms with van der Waals surface area (Å²) in [6.45, 7) is 3.31. The van der Waals surface area contributed by atoms with Crippen LogP contribution in [0.2, 0.25) is 0 Å². The fraction of sp³-hybridized carbons (Fsp3) is 0.462. The third kappa shape index (κ3) is 4.98. The second-order valence-corrected chi connectivity index (χ2v) is 6.62. The molecular weight excluding hydrogens is 308 g/mol. The lowest BCUT2D eigenvalue weighted by atomic mass is 9.99. The first-order valence-electron chi connectivity index (χ1n) is 6.55. The van der Waals surface area contributed by atoms with Gasteiger partial charge in [0.1, 0.15) is 11.6 Å². The Balaban J connectivity index is 2.71. The van der Waals surface area contributed by atoms with Gasteiger partial charge in [-0.05, 0) is 31.4 Å². The number of nitrogens with zero attached hydrogens (tertiary/aromatic N) is 1. The van der Waals surface area contributed by atoms with Crippen molar-refractivity contribution in [2.45, 2.75) is 26.7 Å². The Morgan fingerprint density at radius 3 is 2.59 bits per heavy atom. The first kappa shape index (κ1) is 17.9. The van der Waals surface area contributed by atoms with Crippen molar-refractivity contribution in [3.05, 3.63) is 32.7 Å². The molecule has 0 aromatic carbocycles. The van der Waals surface area contributed by atoms with Crippen molar-refractivity contribution in [1.82, 2.24) is 10.3 Å². The summed E-state index contributed by atoms with van der Waals surface area (Å²) in [4.78, 5) is 25.8. The number of nitrogens with one attached hydrogen (secondary N) is 2. The number of aryl methyl sites for hydroxylation is 1. The van der Waals surface area contributed by atoms with Gasteiger partial charge in [0.05, 0.1) is 5.75 Å². The molecule has 1 aromatic rings. The molecular formula is C13H18N4O4S. The molecule has 1 aromatic heterocycles. The van der Waals surface area contributed by atoms with Crippen molar-refractivity contribution in [3.63, 3.8) is 0 Å². The molecule has 0 radical (unpaired) electrons. The van der Waals surface area contributed by atoms with Crippen molar-refractivity contribution in [1.29, 1.82) is 5.26 Å². The van der Waals surface area contributed by atoms with Gasteiger partial charge in [-0.2, -0.15) is 5.26 Å². The Kier molecular flexibility index (Phi) is 5.84. The van der Waals surface area contributed by atoms with E-state index in [0.717, 1.165) is 5.56 Å². The van der Waals surface area contributed by atoms with Gasteiger partial charge >= 0.3 is 0 Å². The molecule has 0 saturated heterocycles. The molecule has 9 heteroatoms. The van der Waals surface area contributed by atoms with Crippen molar-refractivity contribution >= 4 is 15.9 Å². The van der Waals surface area contributed by atoms with Crippen LogP contribution in [0.1, 0.15) is 28.8 Å². The number of nitrogens with two attached hydrogens (primary N) is 1. The molecule has 4 N–H and O–H groups in total. The van der Waals surface area contributed by atoms with Crippen LogP contribution in [0, 0.1) is 25.2 Å². The summed E-state index contributed by atoms with van der Waals surface area (Å²) in [5.41, 5.74) is 1.49. The van der Waals surface area contributed by atoms with Gasteiger partial charge in [0.15, 0.2) is 0 Å². The lowest BCUT2D eigenvalue weighted by Crippen LogP contribution is -2.31. The highest BCUT2D eigenvalue weighted by molar-refractivity contribution is 7.89. The highest BCUT2D eigenvalue weighted by Gasteiger charge is 2.13. The number of pyridine rings is 1. The van der Waals surface area contributed by atoms with Crippen LogP contribution in [-0.2, 0) is 21.2 Å². The smallest absolute Gasteiger partial charge is 0.266 e. The van der Waals surface area contributed by atoms with E-state index < -0.39 is 15.6 Å². The minimum Gasteiger partial charge on any atom is -0.355 e. The highest BCUT2D eigenvalue weighted by atomic mass is 32.2. The molecule has 0 fully saturated rings. The van der Waals surface area contributed by atoms with Gasteiger partial charge in [-0.25, -0.2) is 13.6 Å². The molecule has 0 unspecified atom stereocenters. The zero-order chi connectivity index (χ0) is 16.9. The van der Waals surface area contributed by atoms with E-state index >= 15 is 0 Å². The van der Waals surface area contributed by atoms with Crippen molar-refractivity contribution in [2.75, 3.05) is 12.3 Å². The Morgan fingerprint density at radius 1 is 1.41 bits per heavy atom. The summed E-state index contributed by atoms with van der Waals surface area (Å²) in [6.07, 6.45) is 0.452. The third-order valence-electron chi connectivity index (χ3n) is 3.23. The largest absolute Gasteiger partial charge is 0.355 e. The highest BCUT2D eigenvalue weighted by Crippen LogP contribution is 2.14. The molecule has 0 bridgehead atoms. The molecule has 0 aliphatic heterocycles. The maximum Gasteiger partial charge on any atom is 0.266 e. The van der Waals surface area contributed by atoms with Crippen LogP contribution in [0.15, 0.2) is 4.79 Å². The van der Waals surface area contributed by atoms with Crippen molar-refractivity contribution in [3.8, 4) is 6.07 Å². The van der Waals surface area contributed by atoms with Crippen LogP contribution in [0.4, 0.5) is 0 Å². The number of carbonyl (C=O) groups excluding carboxylic acids is 1. The van der Waals surface area contributed by atoms with Gasteiger partial charge in [-0.1, -0.05) is 0 Å². The molecule has 22 heavy (non-hydrogen) atoms. The molecule has 120 valence electrons. The van der Waals surface area contributed by atoms with Gasteiger partial charge in [0.2, 0.25) is 15.9 Å². The number of rotatable bonds is 6. The van der Waals surface area contributed by atoms with E-state index in [1.807, 2.05) is 6.07 Å². The van der Waals surface area contributed by atoms with Crippen LogP contribution in [-0.4, -0.2) is 31.6 Å². The second kappa shape index (κ2) is 7.20. The van der Waals surface area contributed by atoms with Crippen LogP contribution in [0.5, 0.6) is 0 Å². The quantitative estimate of drug-likeness (QED) is 0.626. The minimum absolute atomic E-state index is 0.0373. The summed E-state index contributed by atoms with van der Waals surface area (Å²) >= 11 is 0. The molecule has 0 aliphatic carbocycles. The minimum atomic E-state index is -3.60. The predicted octanol–water partition coefficient (Wildman–Crippen LogP) is -0.799. The molecule has 8 nitrogen and oxygen atoms in total. The third-order valence-corrected chi connectivity index (χ3v) is 4.00. The Labute approximate surface area is 128 Å². The van der Waals surface area contributed by atoms with Gasteiger partial charge in [0.25, 0.3) is 5.56 Å². The van der Waals surface area contributed by atoms with Crippen LogP contribution in [0.3, 0.4) is 0 Å². The first-order chi connectivity index (χ1) is 10.2. The average Bonchev–Trinajstić information content (AvgIpc) is 2.36. The zero-order valence-electron chi connectivity index (χ0n) is 12.4. The van der Waals surface area contributed by atoms with E-state index in [0.29, 0.717) is 17.7 Å². The molecule has 1 heterocycles. The fourth-order valence-electron chi connectivity index (χ4n) is 2.08. The summed E-state index contributed by atoms with van der Waals surface area (Å²) in [5, 5.41) is 16.2. The lowest BCUT2D eigenvalue weighted by molar-refractivity contribution is -0.120. The number of aromatic amines is 1. The van der Waals surface area contributed by atoms with Crippen molar-refractivity contribution in [2.24, 2.45) is 5.14 Å². The Bertz CT molecular complexity index is 774. The number of carbonyl (C=O) groups is 1. The molecule has 0 atom stereocenters. The number of hydrogen-bond donors (Lipinski definition) is 3. The molecule has 0 spiro atoms. The average molecular weight is 326 g/mol. The summed E-state index contributed by atoms with van der Waals surface area (Å²) < 4.78 is 21.5. The number of H-pyrrole nitrogens is 1. The number of amides is 1. The Morgan fingerprint density at radius 2 is 2.05 bits per heavy atom. The van der Waals surface area contributed by atoms with Gasteiger partial charge < -0.3 is 10.3 Å². The maximum absolute atomic E-state index is 11.7. The maximum atomic E-state index is 11.7. The normalized spacial score (nSPS) is 11.0. The second-order valence-electron chi connectivity index (χ2n) is 4.89. The molecule has 1 rings (SSSR count). The number of aromatic nitrogens is 1. The van der Waals surface area contributed by atoms with Crippen molar-refractivity contribution < 1.29 is 13.2 Å². The fourth-order valence-corrected chi connectivity index (χ4v) is 2.47. The molecule has 0 aliphatic rings. The molecule has 1 amide bonds. The van der Waals surface area contributed by atoms with E-state index in [1.54, 1.807) is 13.8 Å². The van der Waals surface area contributed by atoms with Gasteiger partial charge in [-0.15, -0.1) is 0 Å². The first-order valence-corrected chi connectivity index (χ1v) is 8.27. The zero-order valence-corrected chi connectivity index (χ0v) is 13.2. The van der Waals surface area contributed by atoms with Gasteiger partial charge in [-0.3, -0.25) is 9.59 Å². The molecule has 0 saturated carbocycles. The predicted molar refractivity (Wildman–Crippen MR) is 80.6 cm³/mol. The number of sulfonamides is 1. The SMILES string of the molecule is Cc1[nH]c(=O)c(C#N)c(C)c1CCC(=O)NCCS(N)(=O)=O. The van der Waals surface area contributed by atoms with Gasteiger partial charge in [0, 0.05) is 18.7 Å². The lowest BCUT2D eigenvalue weighted by Gasteiger charge is -2.10. The topological polar surface area (TPSA) is 146 Å². The Hall–Kier alpha value is -2.18. The summed E-state index contributed by atoms with van der Waals surface area (Å²) in [5.74, 6) is -0.652. The standard InChI is InChI=1S/C13H18N4O4S/c1-8-10(9(2)17-13(19)11(8)7-14)3-4-12(18)16-5-6-22(15,20)21/h3-6H2,1-2H3,(H,16,18)(H,17,19)(H2,15,20,21). The monoisotopic (exact) mass is 326 g/mol. The van der Waals surface area contributed by atoms with E-state index in [9.17, 15) is 18.0 Å². The van der Waals surface area contributed by atoms with Crippen LogP contribution < -0.4 is 16.0 Å². The summed E-state index contributed by atoms with van der Waals surface area (Å²) in [6, 6.07) is 1.84. The van der Waals surface area contributed by atoms with E-state index in [-0.39, 0.29) is 30.2 Å². The van der Waals surface area contributed by atoms with Crippen LogP contribution in [0.25, 0.3) is 0 Å². The number of nitriles is 1. The van der Waals surface area contributed by atoms with E-state index in [4.69, 9.17) is 10.4 Å². The van der Waals surface area contributed by atoms with Crippen LogP contribution >= 0.6 is 0 Å². The summed E-state index contributed by atoms with van der Waals surface area (Å²) in [7, 11) is -3.60. The number of primary sulfonamides is 1.